The van der Waals surface area contributed by atoms with Crippen molar-refractivity contribution in [3.63, 3.8) is 0 Å². The third-order valence-electron chi connectivity index (χ3n) is 5.98. The Kier molecular flexibility index (Phi) is 2.74. The summed E-state index contributed by atoms with van der Waals surface area (Å²) in [5, 5.41) is 10.6. The van der Waals surface area contributed by atoms with E-state index in [0.29, 0.717) is 5.92 Å². The van der Waals surface area contributed by atoms with Crippen LogP contribution in [-0.2, 0) is 11.2 Å². The molecular weight excluding hydrogens is 278 g/mol. The van der Waals surface area contributed by atoms with E-state index in [9.17, 15) is 14.7 Å². The zero-order chi connectivity index (χ0) is 15.5. The van der Waals surface area contributed by atoms with Crippen LogP contribution in [0.5, 0.6) is 0 Å². The van der Waals surface area contributed by atoms with Gasteiger partial charge in [-0.1, -0.05) is 13.0 Å². The molecule has 1 aromatic carbocycles. The minimum atomic E-state index is -0.654. The normalized spacial score (nSPS) is 30.0. The molecule has 114 valence electrons. The van der Waals surface area contributed by atoms with E-state index in [-0.39, 0.29) is 16.9 Å². The highest BCUT2D eigenvalue weighted by Crippen LogP contribution is 2.59. The average molecular weight is 297 g/mol. The standard InChI is InChI=1S/C18H19NO3/c1-18-9-8-10-11(13(18)4-5-14(18)17(21)22)2-6-15-12(10)3-7-16(20)19-15/h2-3,6-7,13-14H,4-5,8-9H2,1H3,(H,19,20)(H,21,22)/t13-,14-,18+/m1/s1. The molecule has 1 heterocycles. The van der Waals surface area contributed by atoms with Gasteiger partial charge < -0.3 is 10.1 Å². The number of carbonyl (C=O) groups is 1. The number of aromatic nitrogens is 1. The van der Waals surface area contributed by atoms with Gasteiger partial charge in [-0.15, -0.1) is 0 Å². The Labute approximate surface area is 128 Å². The second-order valence-corrected chi connectivity index (χ2v) is 6.94. The summed E-state index contributed by atoms with van der Waals surface area (Å²) in [5.41, 5.74) is 3.23. The molecule has 4 rings (SSSR count). The van der Waals surface area contributed by atoms with Crippen molar-refractivity contribution in [2.24, 2.45) is 11.3 Å². The fourth-order valence-corrected chi connectivity index (χ4v) is 4.81. The van der Waals surface area contributed by atoms with Crippen molar-refractivity contribution in [2.75, 3.05) is 0 Å². The monoisotopic (exact) mass is 297 g/mol. The number of aryl methyl sites for hydroxylation is 1. The van der Waals surface area contributed by atoms with Crippen LogP contribution < -0.4 is 5.56 Å². The number of hydrogen-bond acceptors (Lipinski definition) is 2. The maximum absolute atomic E-state index is 11.6. The summed E-state index contributed by atoms with van der Waals surface area (Å²) in [6.45, 7) is 2.14. The number of carboxylic acids is 1. The molecule has 2 aliphatic carbocycles. The van der Waals surface area contributed by atoms with E-state index in [1.165, 1.54) is 11.1 Å². The lowest BCUT2D eigenvalue weighted by molar-refractivity contribution is -0.145. The first-order valence-electron chi connectivity index (χ1n) is 7.88. The molecular formula is C18H19NO3. The molecule has 22 heavy (non-hydrogen) atoms. The van der Waals surface area contributed by atoms with Gasteiger partial charge in [0.25, 0.3) is 0 Å². The van der Waals surface area contributed by atoms with Gasteiger partial charge in [0.1, 0.15) is 0 Å². The van der Waals surface area contributed by atoms with Crippen LogP contribution in [0.15, 0.2) is 29.1 Å². The molecule has 0 amide bonds. The number of hydrogen-bond donors (Lipinski definition) is 2. The van der Waals surface area contributed by atoms with E-state index in [4.69, 9.17) is 0 Å². The van der Waals surface area contributed by atoms with Crippen LogP contribution in [0.3, 0.4) is 0 Å². The predicted molar refractivity (Wildman–Crippen MR) is 84.1 cm³/mol. The molecule has 1 saturated carbocycles. The Morgan fingerprint density at radius 2 is 2.09 bits per heavy atom. The van der Waals surface area contributed by atoms with E-state index in [1.807, 2.05) is 12.1 Å². The fraction of sp³-hybridized carbons (Fsp3) is 0.444. The molecule has 1 aromatic heterocycles. The minimum absolute atomic E-state index is 0.0834. The first-order valence-corrected chi connectivity index (χ1v) is 7.88. The van der Waals surface area contributed by atoms with Crippen LogP contribution in [0.4, 0.5) is 0 Å². The third kappa shape index (κ3) is 1.70. The van der Waals surface area contributed by atoms with Gasteiger partial charge in [0.2, 0.25) is 5.56 Å². The molecule has 0 aliphatic heterocycles. The Bertz CT molecular complexity index is 838. The summed E-state index contributed by atoms with van der Waals surface area (Å²) in [6.07, 6.45) is 3.49. The van der Waals surface area contributed by atoms with E-state index >= 15 is 0 Å². The number of aromatic amines is 1. The van der Waals surface area contributed by atoms with Crippen molar-refractivity contribution in [1.82, 2.24) is 4.98 Å². The third-order valence-corrected chi connectivity index (χ3v) is 5.98. The molecule has 2 aromatic rings. The Hall–Kier alpha value is -2.10. The zero-order valence-electron chi connectivity index (χ0n) is 12.6. The molecule has 2 aliphatic rings. The van der Waals surface area contributed by atoms with Gasteiger partial charge in [0.15, 0.2) is 0 Å². The minimum Gasteiger partial charge on any atom is -0.481 e. The Morgan fingerprint density at radius 3 is 2.86 bits per heavy atom. The summed E-state index contributed by atoms with van der Waals surface area (Å²) >= 11 is 0. The number of nitrogens with one attached hydrogen (secondary N) is 1. The van der Waals surface area contributed by atoms with E-state index in [1.54, 1.807) is 6.07 Å². The topological polar surface area (TPSA) is 70.2 Å². The Balaban J connectivity index is 1.89. The van der Waals surface area contributed by atoms with Crippen LogP contribution in [0, 0.1) is 11.3 Å². The zero-order valence-corrected chi connectivity index (χ0v) is 12.6. The maximum Gasteiger partial charge on any atom is 0.307 e. The molecule has 2 N–H and O–H groups in total. The average Bonchev–Trinajstić information content (AvgIpc) is 2.84. The quantitative estimate of drug-likeness (QED) is 0.850. The highest BCUT2D eigenvalue weighted by atomic mass is 16.4. The van der Waals surface area contributed by atoms with Gasteiger partial charge in [-0.25, -0.2) is 0 Å². The van der Waals surface area contributed by atoms with E-state index in [0.717, 1.165) is 36.6 Å². The number of aliphatic carboxylic acids is 1. The molecule has 0 saturated heterocycles. The van der Waals surface area contributed by atoms with Gasteiger partial charge in [-0.2, -0.15) is 0 Å². The molecule has 4 nitrogen and oxygen atoms in total. The van der Waals surface area contributed by atoms with Gasteiger partial charge in [0, 0.05) is 17.0 Å². The summed E-state index contributed by atoms with van der Waals surface area (Å²) in [4.78, 5) is 26.0. The molecule has 0 spiro atoms. The lowest BCUT2D eigenvalue weighted by Gasteiger charge is -2.40. The molecule has 0 radical (unpaired) electrons. The maximum atomic E-state index is 11.6. The van der Waals surface area contributed by atoms with Gasteiger partial charge in [-0.05, 0) is 60.3 Å². The van der Waals surface area contributed by atoms with Crippen LogP contribution in [-0.4, -0.2) is 16.1 Å². The lowest BCUT2D eigenvalue weighted by atomic mass is 9.63. The van der Waals surface area contributed by atoms with Crippen LogP contribution >= 0.6 is 0 Å². The van der Waals surface area contributed by atoms with Crippen molar-refractivity contribution in [3.8, 4) is 0 Å². The van der Waals surface area contributed by atoms with Gasteiger partial charge in [0.05, 0.1) is 5.92 Å². The van der Waals surface area contributed by atoms with Crippen LogP contribution in [0.1, 0.15) is 43.2 Å². The first-order chi connectivity index (χ1) is 10.5. The number of benzene rings is 1. The largest absolute Gasteiger partial charge is 0.481 e. The van der Waals surface area contributed by atoms with Crippen molar-refractivity contribution in [2.45, 2.75) is 38.5 Å². The van der Waals surface area contributed by atoms with Gasteiger partial charge in [-0.3, -0.25) is 9.59 Å². The number of carboxylic acid groups (broad SMARTS) is 1. The van der Waals surface area contributed by atoms with Crippen LogP contribution in [0.2, 0.25) is 0 Å². The molecule has 0 unspecified atom stereocenters. The summed E-state index contributed by atoms with van der Waals surface area (Å²) in [5.74, 6) is -0.579. The van der Waals surface area contributed by atoms with Crippen LogP contribution in [0.25, 0.3) is 10.9 Å². The summed E-state index contributed by atoms with van der Waals surface area (Å²) < 4.78 is 0. The summed E-state index contributed by atoms with van der Waals surface area (Å²) in [6, 6.07) is 7.54. The fourth-order valence-electron chi connectivity index (χ4n) is 4.81. The number of fused-ring (bicyclic) bond motifs is 5. The lowest BCUT2D eigenvalue weighted by Crippen LogP contribution is -2.36. The second-order valence-electron chi connectivity index (χ2n) is 6.94. The predicted octanol–water partition coefficient (Wildman–Crippen LogP) is 3.06. The van der Waals surface area contributed by atoms with Crippen molar-refractivity contribution < 1.29 is 9.90 Å². The number of pyridine rings is 1. The highest BCUT2D eigenvalue weighted by molar-refractivity contribution is 5.84. The Morgan fingerprint density at radius 1 is 1.27 bits per heavy atom. The number of rotatable bonds is 1. The molecule has 1 fully saturated rings. The van der Waals surface area contributed by atoms with Gasteiger partial charge >= 0.3 is 5.97 Å². The van der Waals surface area contributed by atoms with Crippen molar-refractivity contribution in [1.29, 1.82) is 0 Å². The molecule has 0 bridgehead atoms. The molecule has 3 atom stereocenters. The van der Waals surface area contributed by atoms with E-state index in [2.05, 4.69) is 18.0 Å². The highest BCUT2D eigenvalue weighted by Gasteiger charge is 2.52. The number of H-pyrrole nitrogens is 1. The van der Waals surface area contributed by atoms with E-state index < -0.39 is 5.97 Å². The second kappa shape index (κ2) is 4.45. The smallest absolute Gasteiger partial charge is 0.307 e. The van der Waals surface area contributed by atoms with Crippen molar-refractivity contribution >= 4 is 16.9 Å². The SMILES string of the molecule is C[C@]12CCc3c(ccc4[nH]c(=O)ccc34)[C@H]1CC[C@@H]2C(=O)O. The summed E-state index contributed by atoms with van der Waals surface area (Å²) in [7, 11) is 0. The molecule has 4 heteroatoms. The van der Waals surface area contributed by atoms with Crippen molar-refractivity contribution in [3.05, 3.63) is 45.7 Å². The first kappa shape index (κ1) is 13.6.